The molecule has 18 heavy (non-hydrogen) atoms. The van der Waals surface area contributed by atoms with Crippen molar-refractivity contribution in [2.75, 3.05) is 0 Å². The Hall–Kier alpha value is -1.98. The third kappa shape index (κ3) is 2.82. The molecule has 1 aliphatic carbocycles. The standard InChI is InChI=1S/C12H15N3O3/c16-11(10-7-13-5-6-14-10)15-9-4-2-1-3-8(9)12(17)18/h5-9H,1-4H2,(H,15,16)(H,17,18). The number of hydrogen-bond donors (Lipinski definition) is 2. The quantitative estimate of drug-likeness (QED) is 0.828. The normalized spacial score (nSPS) is 23.3. The molecule has 1 heterocycles. The summed E-state index contributed by atoms with van der Waals surface area (Å²) in [5.41, 5.74) is 0.215. The molecule has 1 aromatic rings. The van der Waals surface area contributed by atoms with Crippen LogP contribution in [0.3, 0.4) is 0 Å². The van der Waals surface area contributed by atoms with Gasteiger partial charge in [0.25, 0.3) is 5.91 Å². The summed E-state index contributed by atoms with van der Waals surface area (Å²) < 4.78 is 0. The number of amides is 1. The number of nitrogens with one attached hydrogen (secondary N) is 1. The average molecular weight is 249 g/mol. The maximum Gasteiger partial charge on any atom is 0.308 e. The van der Waals surface area contributed by atoms with Crippen LogP contribution in [0.15, 0.2) is 18.6 Å². The molecule has 1 aromatic heterocycles. The first kappa shape index (κ1) is 12.5. The Morgan fingerprint density at radius 2 is 2.06 bits per heavy atom. The lowest BCUT2D eigenvalue weighted by Gasteiger charge is -2.29. The van der Waals surface area contributed by atoms with Crippen LogP contribution in [-0.2, 0) is 4.79 Å². The van der Waals surface area contributed by atoms with Crippen LogP contribution in [0.25, 0.3) is 0 Å². The molecule has 0 aromatic carbocycles. The van der Waals surface area contributed by atoms with E-state index in [1.165, 1.54) is 18.6 Å². The van der Waals surface area contributed by atoms with Crippen molar-refractivity contribution in [2.24, 2.45) is 5.92 Å². The monoisotopic (exact) mass is 249 g/mol. The van der Waals surface area contributed by atoms with Gasteiger partial charge < -0.3 is 10.4 Å². The lowest BCUT2D eigenvalue weighted by molar-refractivity contribution is -0.143. The molecule has 0 bridgehead atoms. The predicted molar refractivity (Wildman–Crippen MR) is 62.9 cm³/mol. The third-order valence-electron chi connectivity index (χ3n) is 3.20. The molecule has 0 aliphatic heterocycles. The van der Waals surface area contributed by atoms with Gasteiger partial charge in [0.2, 0.25) is 0 Å². The molecule has 0 saturated heterocycles. The molecular formula is C12H15N3O3. The van der Waals surface area contributed by atoms with Gasteiger partial charge in [0.1, 0.15) is 5.69 Å². The highest BCUT2D eigenvalue weighted by atomic mass is 16.4. The van der Waals surface area contributed by atoms with Gasteiger partial charge in [0, 0.05) is 18.4 Å². The van der Waals surface area contributed by atoms with Crippen LogP contribution in [0.2, 0.25) is 0 Å². The summed E-state index contributed by atoms with van der Waals surface area (Å²) >= 11 is 0. The summed E-state index contributed by atoms with van der Waals surface area (Å²) in [7, 11) is 0. The van der Waals surface area contributed by atoms with Crippen LogP contribution in [-0.4, -0.2) is 33.0 Å². The number of nitrogens with zero attached hydrogens (tertiary/aromatic N) is 2. The second-order valence-corrected chi connectivity index (χ2v) is 4.40. The summed E-state index contributed by atoms with van der Waals surface area (Å²) in [4.78, 5) is 30.7. The summed E-state index contributed by atoms with van der Waals surface area (Å²) in [6, 6.07) is -0.314. The van der Waals surface area contributed by atoms with E-state index in [1.54, 1.807) is 0 Å². The molecule has 1 fully saturated rings. The maximum atomic E-state index is 11.9. The van der Waals surface area contributed by atoms with Gasteiger partial charge in [-0.15, -0.1) is 0 Å². The van der Waals surface area contributed by atoms with E-state index in [-0.39, 0.29) is 17.6 Å². The molecule has 6 nitrogen and oxygen atoms in total. The molecular weight excluding hydrogens is 234 g/mol. The van der Waals surface area contributed by atoms with Crippen molar-refractivity contribution < 1.29 is 14.7 Å². The molecule has 96 valence electrons. The highest BCUT2D eigenvalue weighted by molar-refractivity contribution is 5.92. The zero-order chi connectivity index (χ0) is 13.0. The van der Waals surface area contributed by atoms with Crippen molar-refractivity contribution in [3.8, 4) is 0 Å². The largest absolute Gasteiger partial charge is 0.481 e. The zero-order valence-corrected chi connectivity index (χ0v) is 9.87. The second kappa shape index (κ2) is 5.57. The van der Waals surface area contributed by atoms with Gasteiger partial charge in [-0.2, -0.15) is 0 Å². The maximum absolute atomic E-state index is 11.9. The van der Waals surface area contributed by atoms with Gasteiger partial charge in [-0.1, -0.05) is 12.8 Å². The van der Waals surface area contributed by atoms with E-state index in [4.69, 9.17) is 5.11 Å². The molecule has 2 atom stereocenters. The highest BCUT2D eigenvalue weighted by Gasteiger charge is 2.32. The number of carboxylic acids is 1. The topological polar surface area (TPSA) is 92.2 Å². The van der Waals surface area contributed by atoms with Crippen LogP contribution < -0.4 is 5.32 Å². The van der Waals surface area contributed by atoms with Gasteiger partial charge in [-0.3, -0.25) is 14.6 Å². The number of hydrogen-bond acceptors (Lipinski definition) is 4. The number of carbonyl (C=O) groups excluding carboxylic acids is 1. The van der Waals surface area contributed by atoms with Crippen LogP contribution in [0.5, 0.6) is 0 Å². The summed E-state index contributed by atoms with van der Waals surface area (Å²) in [6.07, 6.45) is 7.43. The van der Waals surface area contributed by atoms with Crippen LogP contribution >= 0.6 is 0 Å². The van der Waals surface area contributed by atoms with Gasteiger partial charge in [0.15, 0.2) is 0 Å². The van der Waals surface area contributed by atoms with Crippen molar-refractivity contribution in [3.63, 3.8) is 0 Å². The van der Waals surface area contributed by atoms with E-state index < -0.39 is 11.9 Å². The van der Waals surface area contributed by atoms with Gasteiger partial charge in [-0.25, -0.2) is 4.98 Å². The van der Waals surface area contributed by atoms with E-state index in [1.807, 2.05) is 0 Å². The van der Waals surface area contributed by atoms with E-state index in [2.05, 4.69) is 15.3 Å². The zero-order valence-electron chi connectivity index (χ0n) is 9.87. The third-order valence-corrected chi connectivity index (χ3v) is 3.20. The Labute approximate surface area is 104 Å². The fourth-order valence-corrected chi connectivity index (χ4v) is 2.26. The number of aromatic nitrogens is 2. The van der Waals surface area contributed by atoms with Gasteiger partial charge >= 0.3 is 5.97 Å². The first-order chi connectivity index (χ1) is 8.68. The van der Waals surface area contributed by atoms with Crippen LogP contribution in [0.4, 0.5) is 0 Å². The fourth-order valence-electron chi connectivity index (χ4n) is 2.26. The summed E-state index contributed by atoms with van der Waals surface area (Å²) in [5.74, 6) is -1.71. The molecule has 2 rings (SSSR count). The Balaban J connectivity index is 2.03. The predicted octanol–water partition coefficient (Wildman–Crippen LogP) is 0.850. The number of aliphatic carboxylic acids is 1. The van der Waals surface area contributed by atoms with E-state index in [0.29, 0.717) is 12.8 Å². The van der Waals surface area contributed by atoms with Crippen molar-refractivity contribution >= 4 is 11.9 Å². The molecule has 1 aliphatic rings. The van der Waals surface area contributed by atoms with E-state index in [9.17, 15) is 9.59 Å². The molecule has 0 radical (unpaired) electrons. The SMILES string of the molecule is O=C(NC1CCCCC1C(=O)O)c1cnccn1. The molecule has 0 spiro atoms. The molecule has 1 saturated carbocycles. The first-order valence-electron chi connectivity index (χ1n) is 5.98. The minimum atomic E-state index is -0.848. The van der Waals surface area contributed by atoms with Crippen molar-refractivity contribution in [1.29, 1.82) is 0 Å². The summed E-state index contributed by atoms with van der Waals surface area (Å²) in [6.45, 7) is 0. The lowest BCUT2D eigenvalue weighted by Crippen LogP contribution is -2.45. The molecule has 6 heteroatoms. The van der Waals surface area contributed by atoms with Crippen molar-refractivity contribution in [2.45, 2.75) is 31.7 Å². The second-order valence-electron chi connectivity index (χ2n) is 4.40. The van der Waals surface area contributed by atoms with Gasteiger partial charge in [0.05, 0.1) is 12.1 Å². The Morgan fingerprint density at radius 1 is 1.28 bits per heavy atom. The Bertz CT molecular complexity index is 435. The molecule has 2 unspecified atom stereocenters. The van der Waals surface area contributed by atoms with E-state index in [0.717, 1.165) is 12.8 Å². The summed E-state index contributed by atoms with van der Waals surface area (Å²) in [5, 5.41) is 11.9. The Morgan fingerprint density at radius 3 is 2.72 bits per heavy atom. The van der Waals surface area contributed by atoms with Crippen LogP contribution in [0.1, 0.15) is 36.2 Å². The fraction of sp³-hybridized carbons (Fsp3) is 0.500. The first-order valence-corrected chi connectivity index (χ1v) is 5.98. The lowest BCUT2D eigenvalue weighted by atomic mass is 9.84. The number of carboxylic acid groups (broad SMARTS) is 1. The highest BCUT2D eigenvalue weighted by Crippen LogP contribution is 2.24. The van der Waals surface area contributed by atoms with Crippen LogP contribution in [0, 0.1) is 5.92 Å². The van der Waals surface area contributed by atoms with Crippen molar-refractivity contribution in [1.82, 2.24) is 15.3 Å². The van der Waals surface area contributed by atoms with Crippen molar-refractivity contribution in [3.05, 3.63) is 24.3 Å². The Kier molecular flexibility index (Phi) is 3.86. The molecule has 2 N–H and O–H groups in total. The number of carbonyl (C=O) groups is 2. The molecule has 1 amide bonds. The minimum absolute atomic E-state index is 0.215. The minimum Gasteiger partial charge on any atom is -0.481 e. The average Bonchev–Trinajstić information content (AvgIpc) is 2.40. The smallest absolute Gasteiger partial charge is 0.308 e. The van der Waals surface area contributed by atoms with Gasteiger partial charge in [-0.05, 0) is 12.8 Å². The van der Waals surface area contributed by atoms with E-state index >= 15 is 0 Å². The number of rotatable bonds is 3.